The van der Waals surface area contributed by atoms with Crippen LogP contribution in [0.4, 0.5) is 0 Å². The average molecular weight is 448 g/mol. The lowest BCUT2D eigenvalue weighted by molar-refractivity contribution is -0.151. The molecule has 3 rings (SSSR count). The van der Waals surface area contributed by atoms with E-state index in [1.807, 2.05) is 0 Å². The molecule has 2 aliphatic heterocycles. The topological polar surface area (TPSA) is 168 Å². The fourth-order valence-electron chi connectivity index (χ4n) is 3.32. The van der Waals surface area contributed by atoms with Gasteiger partial charge in [-0.15, -0.1) is 11.8 Å². The van der Waals surface area contributed by atoms with Crippen LogP contribution in [-0.4, -0.2) is 63.6 Å². The Bertz CT molecular complexity index is 952. The summed E-state index contributed by atoms with van der Waals surface area (Å²) in [6.07, 6.45) is -1.07. The number of carbonyl (C=O) groups excluding carboxylic acids is 4. The summed E-state index contributed by atoms with van der Waals surface area (Å²) in [6.45, 7) is 1.11. The lowest BCUT2D eigenvalue weighted by Crippen LogP contribution is -2.70. The van der Waals surface area contributed by atoms with E-state index in [1.165, 1.54) is 11.8 Å². The molecule has 11 nitrogen and oxygen atoms in total. The van der Waals surface area contributed by atoms with Crippen LogP contribution in [-0.2, 0) is 28.7 Å². The van der Waals surface area contributed by atoms with Gasteiger partial charge in [0, 0.05) is 18.2 Å². The number of nitrogens with two attached hydrogens (primary N) is 1. The number of amides is 3. The van der Waals surface area contributed by atoms with Gasteiger partial charge in [0.2, 0.25) is 18.5 Å². The first-order valence-corrected chi connectivity index (χ1v) is 10.2. The molecule has 0 radical (unpaired) electrons. The molecule has 1 fully saturated rings. The normalized spacial score (nSPS) is 21.9. The molecule has 0 aromatic heterocycles. The van der Waals surface area contributed by atoms with Crippen LogP contribution >= 0.6 is 11.8 Å². The molecule has 1 aromatic rings. The van der Waals surface area contributed by atoms with Crippen molar-refractivity contribution in [3.05, 3.63) is 47.2 Å². The number of nitrogens with one attached hydrogen (secondary N) is 2. The summed E-state index contributed by atoms with van der Waals surface area (Å²) in [5.74, 6) is -3.48. The van der Waals surface area contributed by atoms with Crippen LogP contribution in [0.5, 0.6) is 0 Å². The Morgan fingerprint density at radius 1 is 1.32 bits per heavy atom. The van der Waals surface area contributed by atoms with Crippen molar-refractivity contribution < 1.29 is 33.8 Å². The summed E-state index contributed by atoms with van der Waals surface area (Å²) in [6, 6.07) is 6.50. The van der Waals surface area contributed by atoms with E-state index in [2.05, 4.69) is 10.6 Å². The van der Waals surface area contributed by atoms with Gasteiger partial charge in [-0.3, -0.25) is 24.1 Å². The maximum atomic E-state index is 12.7. The molecule has 1 aromatic carbocycles. The lowest BCUT2D eigenvalue weighted by Gasteiger charge is -2.49. The highest BCUT2D eigenvalue weighted by molar-refractivity contribution is 8.00. The van der Waals surface area contributed by atoms with Gasteiger partial charge in [-0.1, -0.05) is 30.3 Å². The van der Waals surface area contributed by atoms with Crippen molar-refractivity contribution in [1.82, 2.24) is 15.5 Å². The van der Waals surface area contributed by atoms with Gasteiger partial charge in [-0.25, -0.2) is 4.79 Å². The number of carbonyl (C=O) groups is 5. The second-order valence-corrected chi connectivity index (χ2v) is 7.84. The fraction of sp³-hybridized carbons (Fsp3) is 0.316. The van der Waals surface area contributed by atoms with Crippen LogP contribution in [0.1, 0.15) is 18.5 Å². The third-order valence-corrected chi connectivity index (χ3v) is 6.06. The number of thioether (sulfide) groups is 1. The number of ether oxygens (including phenoxy) is 1. The Morgan fingerprint density at radius 2 is 2.00 bits per heavy atom. The molecule has 2 unspecified atom stereocenters. The first kappa shape index (κ1) is 22.3. The molecule has 4 atom stereocenters. The van der Waals surface area contributed by atoms with Crippen molar-refractivity contribution in [2.45, 2.75) is 30.6 Å². The Labute approximate surface area is 181 Å². The predicted molar refractivity (Wildman–Crippen MR) is 108 cm³/mol. The van der Waals surface area contributed by atoms with Gasteiger partial charge in [-0.05, 0) is 5.56 Å². The van der Waals surface area contributed by atoms with Crippen molar-refractivity contribution in [2.75, 3.05) is 5.75 Å². The quantitative estimate of drug-likeness (QED) is 0.170. The van der Waals surface area contributed by atoms with Gasteiger partial charge in [0.25, 0.3) is 5.91 Å². The molecule has 0 aliphatic carbocycles. The smallest absolute Gasteiger partial charge is 0.352 e. The lowest BCUT2D eigenvalue weighted by atomic mass is 10.0. The van der Waals surface area contributed by atoms with E-state index in [0.29, 0.717) is 12.0 Å². The highest BCUT2D eigenvalue weighted by Crippen LogP contribution is 2.41. The largest absolute Gasteiger partial charge is 0.477 e. The van der Waals surface area contributed by atoms with Crippen molar-refractivity contribution in [1.29, 1.82) is 0 Å². The molecule has 3 amide bonds. The van der Waals surface area contributed by atoms with Crippen LogP contribution in [0.15, 0.2) is 41.6 Å². The molecule has 0 bridgehead atoms. The van der Waals surface area contributed by atoms with E-state index in [9.17, 15) is 29.1 Å². The molecule has 31 heavy (non-hydrogen) atoms. The van der Waals surface area contributed by atoms with Crippen molar-refractivity contribution in [2.24, 2.45) is 5.73 Å². The SMILES string of the molecule is CC(=O)OC(NC(=O)C(N)c1ccccc1)C1=C(C(=O)O)N2C(=O)[C@H](NC=O)[C@H]2SC1. The zero-order chi connectivity index (χ0) is 22.7. The second-order valence-electron chi connectivity index (χ2n) is 6.74. The predicted octanol–water partition coefficient (Wildman–Crippen LogP) is -0.940. The zero-order valence-corrected chi connectivity index (χ0v) is 17.1. The third kappa shape index (κ3) is 4.39. The molecule has 164 valence electrons. The number of esters is 1. The summed E-state index contributed by atoms with van der Waals surface area (Å²) in [5.41, 5.74) is 6.11. The molecular formula is C19H20N4O7S. The number of hydrogen-bond acceptors (Lipinski definition) is 8. The average Bonchev–Trinajstić information content (AvgIpc) is 2.75. The first-order chi connectivity index (χ1) is 14.8. The van der Waals surface area contributed by atoms with Gasteiger partial charge in [0.05, 0.1) is 0 Å². The van der Waals surface area contributed by atoms with Crippen LogP contribution in [0.25, 0.3) is 0 Å². The summed E-state index contributed by atoms with van der Waals surface area (Å²) in [4.78, 5) is 60.4. The number of carboxylic acids is 1. The van der Waals surface area contributed by atoms with Gasteiger partial charge in [0.1, 0.15) is 23.2 Å². The van der Waals surface area contributed by atoms with E-state index in [-0.39, 0.29) is 11.3 Å². The van der Waals surface area contributed by atoms with E-state index < -0.39 is 53.1 Å². The fourth-order valence-corrected chi connectivity index (χ4v) is 4.71. The van der Waals surface area contributed by atoms with Crippen molar-refractivity contribution in [3.63, 3.8) is 0 Å². The molecule has 2 aliphatic rings. The van der Waals surface area contributed by atoms with E-state index in [4.69, 9.17) is 10.5 Å². The number of nitrogens with zero attached hydrogens (tertiary/aromatic N) is 1. The molecule has 0 saturated carbocycles. The maximum Gasteiger partial charge on any atom is 0.352 e. The number of fused-ring (bicyclic) bond motifs is 1. The minimum absolute atomic E-state index is 0.0236. The number of carboxylic acid groups (broad SMARTS) is 1. The highest BCUT2D eigenvalue weighted by Gasteiger charge is 2.54. The Morgan fingerprint density at radius 3 is 2.58 bits per heavy atom. The van der Waals surface area contributed by atoms with Crippen LogP contribution in [0.2, 0.25) is 0 Å². The van der Waals surface area contributed by atoms with E-state index >= 15 is 0 Å². The molecular weight excluding hydrogens is 428 g/mol. The summed E-state index contributed by atoms with van der Waals surface area (Å²) in [5, 5.41) is 13.9. The Balaban J connectivity index is 1.91. The molecule has 5 N–H and O–H groups in total. The van der Waals surface area contributed by atoms with E-state index in [1.54, 1.807) is 30.3 Å². The number of benzene rings is 1. The van der Waals surface area contributed by atoms with Crippen LogP contribution in [0.3, 0.4) is 0 Å². The molecule has 0 spiro atoms. The Hall–Kier alpha value is -3.38. The number of aliphatic carboxylic acids is 1. The molecule has 2 heterocycles. The van der Waals surface area contributed by atoms with Crippen LogP contribution in [0, 0.1) is 0 Å². The second kappa shape index (κ2) is 9.18. The number of hydrogen-bond donors (Lipinski definition) is 4. The van der Waals surface area contributed by atoms with Gasteiger partial charge in [-0.2, -0.15) is 0 Å². The van der Waals surface area contributed by atoms with Crippen molar-refractivity contribution in [3.8, 4) is 0 Å². The standard InChI is InChI=1S/C19H20N4O7S/c1-9(25)30-16(22-15(26)12(20)10-5-3-2-4-6-10)11-7-31-18-13(21-8-24)17(27)23(18)14(11)19(28)29/h2-6,8,12-13,16,18H,7,20H2,1H3,(H,21,24)(H,22,26)(H,28,29)/t12?,13-,16?,18+/m0/s1. The van der Waals surface area contributed by atoms with Gasteiger partial charge >= 0.3 is 11.9 Å². The summed E-state index contributed by atoms with van der Waals surface area (Å²) in [7, 11) is 0. The van der Waals surface area contributed by atoms with Crippen molar-refractivity contribution >= 4 is 41.9 Å². The zero-order valence-electron chi connectivity index (χ0n) is 16.3. The van der Waals surface area contributed by atoms with E-state index in [0.717, 1.165) is 11.8 Å². The Kier molecular flexibility index (Phi) is 6.61. The minimum Gasteiger partial charge on any atom is -0.477 e. The number of β-lactam (4-membered cyclic amide) rings is 1. The van der Waals surface area contributed by atoms with Gasteiger partial charge in [0.15, 0.2) is 0 Å². The van der Waals surface area contributed by atoms with Gasteiger partial charge < -0.3 is 26.2 Å². The highest BCUT2D eigenvalue weighted by atomic mass is 32.2. The maximum absolute atomic E-state index is 12.7. The summed E-state index contributed by atoms with van der Waals surface area (Å²) >= 11 is 1.17. The third-order valence-electron chi connectivity index (χ3n) is 4.76. The monoisotopic (exact) mass is 448 g/mol. The first-order valence-electron chi connectivity index (χ1n) is 9.15. The van der Waals surface area contributed by atoms with Crippen LogP contribution < -0.4 is 16.4 Å². The molecule has 1 saturated heterocycles. The molecule has 12 heteroatoms. The summed E-state index contributed by atoms with van der Waals surface area (Å²) < 4.78 is 5.17. The number of rotatable bonds is 8. The minimum atomic E-state index is -1.44.